The molecule has 3 rings (SSSR count). The van der Waals surface area contributed by atoms with E-state index in [-0.39, 0.29) is 29.7 Å². The molecule has 196 valence electrons. The van der Waals surface area contributed by atoms with E-state index in [9.17, 15) is 14.0 Å². The van der Waals surface area contributed by atoms with Crippen molar-refractivity contribution in [1.82, 2.24) is 10.2 Å². The average molecular weight is 480 g/mol. The average Bonchev–Trinajstić information content (AvgIpc) is 3.33. The first-order valence-electron chi connectivity index (χ1n) is 14.5. The lowest BCUT2D eigenvalue weighted by Gasteiger charge is -2.36. The van der Waals surface area contributed by atoms with Crippen molar-refractivity contribution in [3.05, 3.63) is 0 Å². The van der Waals surface area contributed by atoms with Gasteiger partial charge in [-0.2, -0.15) is 0 Å². The summed E-state index contributed by atoms with van der Waals surface area (Å²) in [5, 5.41) is 3.21. The molecule has 2 amide bonds. The van der Waals surface area contributed by atoms with Gasteiger partial charge in [-0.25, -0.2) is 4.39 Å². The van der Waals surface area contributed by atoms with Crippen LogP contribution in [0, 0.1) is 23.7 Å². The Labute approximate surface area is 207 Å². The SMILES string of the molecule is CCCCCCCCNC(=O)[C@@H]1C(C2CCCCC2)CCN1C(=O)C1CCC([C@H](N)CF)CC1. The van der Waals surface area contributed by atoms with Gasteiger partial charge in [0.1, 0.15) is 12.7 Å². The van der Waals surface area contributed by atoms with Gasteiger partial charge < -0.3 is 16.0 Å². The van der Waals surface area contributed by atoms with Crippen LogP contribution in [0.2, 0.25) is 0 Å². The van der Waals surface area contributed by atoms with Crippen molar-refractivity contribution in [1.29, 1.82) is 0 Å². The van der Waals surface area contributed by atoms with E-state index < -0.39 is 12.7 Å². The largest absolute Gasteiger partial charge is 0.354 e. The summed E-state index contributed by atoms with van der Waals surface area (Å²) in [5.74, 6) is 1.23. The van der Waals surface area contributed by atoms with Crippen LogP contribution in [0.15, 0.2) is 0 Å². The molecule has 1 heterocycles. The van der Waals surface area contributed by atoms with Crippen LogP contribution < -0.4 is 11.1 Å². The highest BCUT2D eigenvalue weighted by Gasteiger charge is 2.46. The highest BCUT2D eigenvalue weighted by atomic mass is 19.1. The minimum atomic E-state index is -0.487. The van der Waals surface area contributed by atoms with Crippen molar-refractivity contribution in [3.63, 3.8) is 0 Å². The minimum absolute atomic E-state index is 0.0398. The van der Waals surface area contributed by atoms with Crippen molar-refractivity contribution in [2.45, 2.75) is 122 Å². The van der Waals surface area contributed by atoms with Gasteiger partial charge in [0.05, 0.1) is 0 Å². The van der Waals surface area contributed by atoms with E-state index in [1.54, 1.807) is 0 Å². The zero-order valence-corrected chi connectivity index (χ0v) is 21.6. The van der Waals surface area contributed by atoms with Gasteiger partial charge in [0.25, 0.3) is 0 Å². The molecule has 6 heteroatoms. The lowest BCUT2D eigenvalue weighted by atomic mass is 9.76. The summed E-state index contributed by atoms with van der Waals surface area (Å²) >= 11 is 0. The maximum Gasteiger partial charge on any atom is 0.243 e. The Hall–Kier alpha value is -1.17. The van der Waals surface area contributed by atoms with Crippen LogP contribution in [-0.2, 0) is 9.59 Å². The molecule has 34 heavy (non-hydrogen) atoms. The number of carbonyl (C=O) groups excluding carboxylic acids is 2. The Kier molecular flexibility index (Phi) is 11.6. The molecule has 3 aliphatic rings. The van der Waals surface area contributed by atoms with Crippen molar-refractivity contribution in [2.75, 3.05) is 19.8 Å². The van der Waals surface area contributed by atoms with Gasteiger partial charge >= 0.3 is 0 Å². The van der Waals surface area contributed by atoms with E-state index in [0.29, 0.717) is 24.9 Å². The van der Waals surface area contributed by atoms with Gasteiger partial charge in [0, 0.05) is 25.0 Å². The summed E-state index contributed by atoms with van der Waals surface area (Å²) in [4.78, 5) is 29.0. The van der Waals surface area contributed by atoms with Gasteiger partial charge in [0.15, 0.2) is 0 Å². The van der Waals surface area contributed by atoms with Crippen LogP contribution in [0.1, 0.15) is 110 Å². The Bertz CT molecular complexity index is 617. The third kappa shape index (κ3) is 7.41. The Morgan fingerprint density at radius 2 is 1.62 bits per heavy atom. The number of unbranched alkanes of at least 4 members (excludes halogenated alkanes) is 5. The summed E-state index contributed by atoms with van der Waals surface area (Å²) in [6, 6.07) is -0.708. The highest BCUT2D eigenvalue weighted by molar-refractivity contribution is 5.89. The molecule has 1 unspecified atom stereocenters. The molecular formula is C28H50FN3O2. The molecule has 3 fully saturated rings. The summed E-state index contributed by atoms with van der Waals surface area (Å²) < 4.78 is 13.0. The van der Waals surface area contributed by atoms with Crippen LogP contribution in [0.3, 0.4) is 0 Å². The van der Waals surface area contributed by atoms with Crippen molar-refractivity contribution < 1.29 is 14.0 Å². The number of nitrogens with zero attached hydrogens (tertiary/aromatic N) is 1. The van der Waals surface area contributed by atoms with E-state index in [0.717, 1.165) is 44.9 Å². The van der Waals surface area contributed by atoms with Gasteiger partial charge in [-0.3, -0.25) is 9.59 Å². The third-order valence-electron chi connectivity index (χ3n) is 8.99. The molecule has 2 saturated carbocycles. The predicted octanol–water partition coefficient (Wildman–Crippen LogP) is 5.36. The predicted molar refractivity (Wildman–Crippen MR) is 136 cm³/mol. The molecule has 3 N–H and O–H groups in total. The highest BCUT2D eigenvalue weighted by Crippen LogP contribution is 2.41. The van der Waals surface area contributed by atoms with E-state index in [2.05, 4.69) is 12.2 Å². The van der Waals surface area contributed by atoms with Gasteiger partial charge in [-0.1, -0.05) is 71.1 Å². The smallest absolute Gasteiger partial charge is 0.243 e. The number of alkyl halides is 1. The zero-order valence-electron chi connectivity index (χ0n) is 21.6. The molecule has 0 aromatic rings. The van der Waals surface area contributed by atoms with Gasteiger partial charge in [-0.15, -0.1) is 0 Å². The number of halogens is 1. The van der Waals surface area contributed by atoms with E-state index in [4.69, 9.17) is 5.73 Å². The lowest BCUT2D eigenvalue weighted by Crippen LogP contribution is -2.52. The number of hydrogen-bond donors (Lipinski definition) is 2. The van der Waals surface area contributed by atoms with Crippen LogP contribution >= 0.6 is 0 Å². The summed E-state index contributed by atoms with van der Waals surface area (Å²) in [7, 11) is 0. The van der Waals surface area contributed by atoms with Gasteiger partial charge in [-0.05, 0) is 56.3 Å². The third-order valence-corrected chi connectivity index (χ3v) is 8.99. The molecular weight excluding hydrogens is 429 g/mol. The number of hydrogen-bond acceptors (Lipinski definition) is 3. The molecule has 0 aromatic heterocycles. The molecule has 1 aliphatic heterocycles. The van der Waals surface area contributed by atoms with Crippen molar-refractivity contribution >= 4 is 11.8 Å². The van der Waals surface area contributed by atoms with Crippen molar-refractivity contribution in [3.8, 4) is 0 Å². The van der Waals surface area contributed by atoms with Crippen LogP contribution in [0.5, 0.6) is 0 Å². The number of nitrogens with one attached hydrogen (secondary N) is 1. The number of rotatable bonds is 12. The monoisotopic (exact) mass is 479 g/mol. The molecule has 1 saturated heterocycles. The molecule has 2 aliphatic carbocycles. The first-order valence-corrected chi connectivity index (χ1v) is 14.5. The second-order valence-corrected chi connectivity index (χ2v) is 11.3. The van der Waals surface area contributed by atoms with Crippen LogP contribution in [0.4, 0.5) is 4.39 Å². The van der Waals surface area contributed by atoms with Gasteiger partial charge in [0.2, 0.25) is 11.8 Å². The first kappa shape index (κ1) is 27.4. The normalized spacial score (nSPS) is 29.2. The van der Waals surface area contributed by atoms with Crippen LogP contribution in [-0.4, -0.2) is 48.6 Å². The quantitative estimate of drug-likeness (QED) is 0.370. The maximum absolute atomic E-state index is 13.6. The zero-order chi connectivity index (χ0) is 24.3. The van der Waals surface area contributed by atoms with E-state index >= 15 is 0 Å². The lowest BCUT2D eigenvalue weighted by molar-refractivity contribution is -0.144. The number of likely N-dealkylation sites (tertiary alicyclic amines) is 1. The molecule has 0 spiro atoms. The molecule has 5 nitrogen and oxygen atoms in total. The Morgan fingerprint density at radius 1 is 0.941 bits per heavy atom. The summed E-state index contributed by atoms with van der Waals surface area (Å²) in [6.45, 7) is 3.16. The standard InChI is InChI=1S/C28H50FN3O2/c1-2-3-4-5-6-10-18-31-27(33)26-24(21-11-8-7-9-12-21)17-19-32(26)28(34)23-15-13-22(14-16-23)25(30)20-29/h21-26H,2-20,30H2,1H3,(H,31,33)/t22?,23?,24?,25-,26+/m1/s1. The number of amides is 2. The second kappa shape index (κ2) is 14.4. The van der Waals surface area contributed by atoms with E-state index in [1.165, 1.54) is 57.8 Å². The summed E-state index contributed by atoms with van der Waals surface area (Å²) in [5.41, 5.74) is 5.92. The second-order valence-electron chi connectivity index (χ2n) is 11.3. The fraction of sp³-hybridized carbons (Fsp3) is 0.929. The Balaban J connectivity index is 1.58. The van der Waals surface area contributed by atoms with Crippen LogP contribution in [0.25, 0.3) is 0 Å². The maximum atomic E-state index is 13.6. The fourth-order valence-corrected chi connectivity index (χ4v) is 6.83. The number of nitrogens with two attached hydrogens (primary N) is 1. The molecule has 0 radical (unpaired) electrons. The molecule has 3 atom stereocenters. The van der Waals surface area contributed by atoms with E-state index in [1.807, 2.05) is 4.90 Å². The topological polar surface area (TPSA) is 75.4 Å². The fourth-order valence-electron chi connectivity index (χ4n) is 6.83. The summed E-state index contributed by atoms with van der Waals surface area (Å²) in [6.07, 6.45) is 17.5. The molecule has 0 bridgehead atoms. The first-order chi connectivity index (χ1) is 16.6. The Morgan fingerprint density at radius 3 is 2.29 bits per heavy atom. The molecule has 0 aromatic carbocycles. The number of carbonyl (C=O) groups is 2. The van der Waals surface area contributed by atoms with Crippen molar-refractivity contribution in [2.24, 2.45) is 29.4 Å². The minimum Gasteiger partial charge on any atom is -0.354 e.